The quantitative estimate of drug-likeness (QED) is 0.777. The van der Waals surface area contributed by atoms with Crippen molar-refractivity contribution in [3.63, 3.8) is 0 Å². The normalized spacial score (nSPS) is 24.2. The summed E-state index contributed by atoms with van der Waals surface area (Å²) in [6.45, 7) is 8.36. The number of carboxylic acid groups (broad SMARTS) is 1. The number of hydrogen-bond acceptors (Lipinski definition) is 8. The summed E-state index contributed by atoms with van der Waals surface area (Å²) in [5, 5.41) is 15.1. The zero-order valence-electron chi connectivity index (χ0n) is 16.6. The highest BCUT2D eigenvalue weighted by Crippen LogP contribution is 2.36. The number of fused-ring (bicyclic) bond motifs is 1. The Kier molecular flexibility index (Phi) is 6.76. The molecule has 2 fully saturated rings. The van der Waals surface area contributed by atoms with E-state index in [1.54, 1.807) is 0 Å². The molecule has 0 aromatic carbocycles. The van der Waals surface area contributed by atoms with E-state index in [2.05, 4.69) is 20.2 Å². The number of hydrogen-bond donors (Lipinski definition) is 1. The number of halogens is 3. The van der Waals surface area contributed by atoms with Crippen LogP contribution in [-0.4, -0.2) is 63.8 Å². The van der Waals surface area contributed by atoms with Crippen molar-refractivity contribution in [2.75, 3.05) is 26.3 Å². The molecule has 2 aliphatic rings. The van der Waals surface area contributed by atoms with Gasteiger partial charge < -0.3 is 18.9 Å². The van der Waals surface area contributed by atoms with Crippen molar-refractivity contribution in [2.45, 2.75) is 33.0 Å². The number of nitrogens with zero attached hydrogens (tertiary/aromatic N) is 4. The molecule has 12 heteroatoms. The monoisotopic (exact) mass is 432 g/mol. The summed E-state index contributed by atoms with van der Waals surface area (Å²) in [7, 11) is 0. The van der Waals surface area contributed by atoms with Gasteiger partial charge in [0.05, 0.1) is 18.9 Å². The maximum atomic E-state index is 10.6. The van der Waals surface area contributed by atoms with E-state index in [1.807, 2.05) is 19.9 Å². The Balaban J connectivity index is 0.000000318. The van der Waals surface area contributed by atoms with E-state index >= 15 is 0 Å². The summed E-state index contributed by atoms with van der Waals surface area (Å²) in [6.07, 6.45) is -4.28. The summed E-state index contributed by atoms with van der Waals surface area (Å²) in [5.74, 6) is 1.16. The van der Waals surface area contributed by atoms with Crippen molar-refractivity contribution in [3.05, 3.63) is 29.2 Å². The molecular formula is C18H23F3N4O5. The van der Waals surface area contributed by atoms with Crippen LogP contribution in [0.25, 0.3) is 0 Å². The second kappa shape index (κ2) is 9.13. The molecule has 9 nitrogen and oxygen atoms in total. The van der Waals surface area contributed by atoms with Gasteiger partial charge in [-0.05, 0) is 31.6 Å². The van der Waals surface area contributed by atoms with E-state index in [0.29, 0.717) is 23.6 Å². The van der Waals surface area contributed by atoms with Crippen molar-refractivity contribution in [3.8, 4) is 0 Å². The Morgan fingerprint density at radius 3 is 2.53 bits per heavy atom. The fourth-order valence-corrected chi connectivity index (χ4v) is 3.90. The van der Waals surface area contributed by atoms with Gasteiger partial charge in [-0.15, -0.1) is 0 Å². The molecule has 0 amide bonds. The molecule has 0 saturated carbocycles. The van der Waals surface area contributed by atoms with Crippen LogP contribution in [0.1, 0.15) is 23.2 Å². The summed E-state index contributed by atoms with van der Waals surface area (Å²) < 4.78 is 48.0. The summed E-state index contributed by atoms with van der Waals surface area (Å²) >= 11 is 0. The average molecular weight is 432 g/mol. The molecule has 4 rings (SSSR count). The highest BCUT2D eigenvalue weighted by Gasteiger charge is 2.41. The number of rotatable bonds is 4. The lowest BCUT2D eigenvalue weighted by Gasteiger charge is -2.32. The van der Waals surface area contributed by atoms with E-state index in [1.165, 1.54) is 0 Å². The van der Waals surface area contributed by atoms with Gasteiger partial charge in [-0.2, -0.15) is 18.2 Å². The van der Waals surface area contributed by atoms with Crippen molar-refractivity contribution < 1.29 is 36.9 Å². The lowest BCUT2D eigenvalue weighted by Crippen LogP contribution is -2.36. The molecule has 0 unspecified atom stereocenters. The number of carbonyl (C=O) groups is 1. The minimum Gasteiger partial charge on any atom is -0.475 e. The Labute approximate surface area is 170 Å². The number of ether oxygens (including phenoxy) is 1. The number of alkyl halides is 3. The van der Waals surface area contributed by atoms with Crippen LogP contribution < -0.4 is 0 Å². The van der Waals surface area contributed by atoms with Gasteiger partial charge in [0.15, 0.2) is 5.82 Å². The first kappa shape index (κ1) is 22.2. The molecule has 2 saturated heterocycles. The van der Waals surface area contributed by atoms with Crippen LogP contribution in [0.5, 0.6) is 0 Å². The van der Waals surface area contributed by atoms with Gasteiger partial charge in [0.1, 0.15) is 5.76 Å². The van der Waals surface area contributed by atoms with Gasteiger partial charge >= 0.3 is 12.1 Å². The van der Waals surface area contributed by atoms with Crippen molar-refractivity contribution >= 4 is 5.97 Å². The average Bonchev–Trinajstić information content (AvgIpc) is 3.36. The third kappa shape index (κ3) is 5.79. The van der Waals surface area contributed by atoms with Crippen LogP contribution in [0.15, 0.2) is 15.1 Å². The third-order valence-corrected chi connectivity index (χ3v) is 5.15. The zero-order chi connectivity index (χ0) is 21.9. The largest absolute Gasteiger partial charge is 0.490 e. The lowest BCUT2D eigenvalue weighted by molar-refractivity contribution is -0.192. The molecule has 2 aliphatic heterocycles. The molecule has 1 N–H and O–H groups in total. The molecule has 0 bridgehead atoms. The number of aryl methyl sites for hydroxylation is 2. The van der Waals surface area contributed by atoms with Crippen LogP contribution in [-0.2, 0) is 22.5 Å². The molecule has 3 atom stereocenters. The Morgan fingerprint density at radius 2 is 1.97 bits per heavy atom. The van der Waals surface area contributed by atoms with Gasteiger partial charge in [0, 0.05) is 32.1 Å². The fourth-order valence-electron chi connectivity index (χ4n) is 3.90. The van der Waals surface area contributed by atoms with E-state index in [9.17, 15) is 13.2 Å². The second-order valence-corrected chi connectivity index (χ2v) is 7.59. The Bertz CT molecular complexity index is 853. The van der Waals surface area contributed by atoms with Crippen LogP contribution >= 0.6 is 0 Å². The van der Waals surface area contributed by atoms with Gasteiger partial charge in [-0.3, -0.25) is 4.90 Å². The number of likely N-dealkylation sites (tertiary alicyclic amines) is 1. The molecule has 2 aromatic rings. The first-order valence-electron chi connectivity index (χ1n) is 9.43. The number of aliphatic carboxylic acids is 1. The lowest BCUT2D eigenvalue weighted by atomic mass is 9.81. The number of aromatic nitrogens is 3. The van der Waals surface area contributed by atoms with Crippen LogP contribution in [0, 0.1) is 31.6 Å². The van der Waals surface area contributed by atoms with Gasteiger partial charge in [0.25, 0.3) is 0 Å². The topological polar surface area (TPSA) is 115 Å². The standard InChI is InChI=1S/C16H22N4O3.C2HF3O2/c1-10-3-14(19-22-10)6-20-5-13-9-21-8-12(15(13)7-20)4-16-17-11(2)18-23-16;3-2(4,5)1(6)7/h3,12-13,15H,4-9H2,1-2H3;(H,6,7)/t12-,13-,15+;/m1./s1. The minimum absolute atomic E-state index is 0.442. The minimum atomic E-state index is -5.08. The van der Waals surface area contributed by atoms with Crippen LogP contribution in [0.4, 0.5) is 13.2 Å². The maximum Gasteiger partial charge on any atom is 0.490 e. The van der Waals surface area contributed by atoms with Crippen molar-refractivity contribution in [2.24, 2.45) is 17.8 Å². The van der Waals surface area contributed by atoms with Gasteiger partial charge in [-0.25, -0.2) is 4.79 Å². The highest BCUT2D eigenvalue weighted by atomic mass is 19.4. The molecule has 30 heavy (non-hydrogen) atoms. The first-order chi connectivity index (χ1) is 14.1. The molecule has 0 radical (unpaired) electrons. The molecule has 166 valence electrons. The summed E-state index contributed by atoms with van der Waals surface area (Å²) in [4.78, 5) is 15.7. The molecule has 0 spiro atoms. The Hall–Kier alpha value is -2.47. The molecule has 4 heterocycles. The molecular weight excluding hydrogens is 409 g/mol. The highest BCUT2D eigenvalue weighted by molar-refractivity contribution is 5.73. The zero-order valence-corrected chi connectivity index (χ0v) is 16.6. The predicted molar refractivity (Wildman–Crippen MR) is 94.2 cm³/mol. The smallest absolute Gasteiger partial charge is 0.475 e. The fraction of sp³-hybridized carbons (Fsp3) is 0.667. The van der Waals surface area contributed by atoms with E-state index < -0.39 is 12.1 Å². The van der Waals surface area contributed by atoms with Gasteiger partial charge in [0.2, 0.25) is 5.89 Å². The van der Waals surface area contributed by atoms with E-state index in [4.69, 9.17) is 23.7 Å². The van der Waals surface area contributed by atoms with Crippen LogP contribution in [0.2, 0.25) is 0 Å². The van der Waals surface area contributed by atoms with Crippen molar-refractivity contribution in [1.29, 1.82) is 0 Å². The second-order valence-electron chi connectivity index (χ2n) is 7.59. The SMILES string of the molecule is Cc1noc(C[C@@H]2COC[C@H]3CN(Cc4cc(C)on4)C[C@@H]23)n1.O=C(O)C(F)(F)F. The first-order valence-corrected chi connectivity index (χ1v) is 9.43. The van der Waals surface area contributed by atoms with E-state index in [-0.39, 0.29) is 0 Å². The third-order valence-electron chi connectivity index (χ3n) is 5.15. The summed E-state index contributed by atoms with van der Waals surface area (Å²) in [6, 6.07) is 2.01. The van der Waals surface area contributed by atoms with Crippen LogP contribution in [0.3, 0.4) is 0 Å². The molecule has 0 aliphatic carbocycles. The van der Waals surface area contributed by atoms with Crippen molar-refractivity contribution in [1.82, 2.24) is 20.2 Å². The van der Waals surface area contributed by atoms with E-state index in [0.717, 1.165) is 56.6 Å². The Morgan fingerprint density at radius 1 is 1.23 bits per heavy atom. The van der Waals surface area contributed by atoms with Gasteiger partial charge in [-0.1, -0.05) is 10.3 Å². The molecule has 2 aromatic heterocycles. The predicted octanol–water partition coefficient (Wildman–Crippen LogP) is 2.24. The maximum absolute atomic E-state index is 10.6. The number of carboxylic acids is 1. The summed E-state index contributed by atoms with van der Waals surface area (Å²) in [5.41, 5.74) is 1.01.